The molecular weight excluding hydrogens is 330 g/mol. The number of carbonyl (C=O) groups excluding carboxylic acids is 1. The molecule has 1 amide bonds. The number of carbonyl (C=O) groups is 1. The topological polar surface area (TPSA) is 50.8 Å². The first-order valence-electron chi connectivity index (χ1n) is 7.85. The molecule has 132 valence electrons. The van der Waals surface area contributed by atoms with Crippen LogP contribution < -0.4 is 19.7 Å². The highest BCUT2D eigenvalue weighted by Gasteiger charge is 2.29. The van der Waals surface area contributed by atoms with Crippen LogP contribution in [0.5, 0.6) is 11.5 Å². The molecule has 25 heavy (non-hydrogen) atoms. The van der Waals surface area contributed by atoms with E-state index in [9.17, 15) is 13.6 Å². The van der Waals surface area contributed by atoms with Crippen molar-refractivity contribution >= 4 is 11.6 Å². The van der Waals surface area contributed by atoms with Crippen LogP contribution in [0.25, 0.3) is 0 Å². The Labute approximate surface area is 144 Å². The highest BCUT2D eigenvalue weighted by molar-refractivity contribution is 6.02. The second-order valence-electron chi connectivity index (χ2n) is 5.52. The van der Waals surface area contributed by atoms with E-state index in [2.05, 4.69) is 10.1 Å². The molecule has 1 unspecified atom stereocenters. The van der Waals surface area contributed by atoms with E-state index in [0.29, 0.717) is 17.7 Å². The molecule has 0 aliphatic carbocycles. The molecule has 0 aromatic heterocycles. The molecular formula is C18H18F2N2O3. The van der Waals surface area contributed by atoms with Crippen molar-refractivity contribution in [2.45, 2.75) is 19.7 Å². The van der Waals surface area contributed by atoms with E-state index in [1.165, 1.54) is 6.07 Å². The summed E-state index contributed by atoms with van der Waals surface area (Å²) in [5.41, 5.74) is 2.08. The molecule has 1 aliphatic rings. The third-order valence-corrected chi connectivity index (χ3v) is 3.98. The van der Waals surface area contributed by atoms with Gasteiger partial charge in [0.2, 0.25) is 0 Å². The van der Waals surface area contributed by atoms with Gasteiger partial charge in [0.25, 0.3) is 5.91 Å². The average Bonchev–Trinajstić information content (AvgIpc) is 2.59. The van der Waals surface area contributed by atoms with Gasteiger partial charge in [-0.3, -0.25) is 4.79 Å². The minimum Gasteiger partial charge on any atom is -0.490 e. The molecule has 1 aliphatic heterocycles. The number of nitrogens with one attached hydrogen (secondary N) is 1. The van der Waals surface area contributed by atoms with Gasteiger partial charge in [0.15, 0.2) is 11.5 Å². The van der Waals surface area contributed by atoms with Crippen molar-refractivity contribution in [2.24, 2.45) is 0 Å². The van der Waals surface area contributed by atoms with Gasteiger partial charge < -0.3 is 19.7 Å². The number of anilines is 1. The summed E-state index contributed by atoms with van der Waals surface area (Å²) >= 11 is 0. The first kappa shape index (κ1) is 17.0. The number of fused-ring (bicyclic) bond motifs is 1. The van der Waals surface area contributed by atoms with E-state index in [1.54, 1.807) is 31.2 Å². The van der Waals surface area contributed by atoms with Gasteiger partial charge in [-0.1, -0.05) is 18.2 Å². The Bertz CT molecular complexity index is 783. The summed E-state index contributed by atoms with van der Waals surface area (Å²) in [5, 5.41) is 2.91. The molecule has 0 spiro atoms. The number of ether oxygens (including phenoxy) is 2. The lowest BCUT2D eigenvalue weighted by molar-refractivity contribution is -0.0514. The second kappa shape index (κ2) is 6.96. The Morgan fingerprint density at radius 2 is 1.96 bits per heavy atom. The quantitative estimate of drug-likeness (QED) is 0.898. The van der Waals surface area contributed by atoms with E-state index in [-0.39, 0.29) is 17.4 Å². The van der Waals surface area contributed by atoms with Crippen molar-refractivity contribution < 1.29 is 23.0 Å². The molecule has 5 nitrogen and oxygen atoms in total. The lowest BCUT2D eigenvalue weighted by Gasteiger charge is -2.36. The molecule has 2 aromatic rings. The van der Waals surface area contributed by atoms with E-state index in [1.807, 2.05) is 24.1 Å². The van der Waals surface area contributed by atoms with Crippen LogP contribution >= 0.6 is 0 Å². The van der Waals surface area contributed by atoms with Gasteiger partial charge in [-0.05, 0) is 36.8 Å². The minimum absolute atomic E-state index is 0.0363. The Morgan fingerprint density at radius 1 is 1.20 bits per heavy atom. The van der Waals surface area contributed by atoms with Crippen LogP contribution in [0.15, 0.2) is 42.5 Å². The minimum atomic E-state index is -2.94. The summed E-state index contributed by atoms with van der Waals surface area (Å²) in [6, 6.07) is 11.9. The SMILES string of the molecule is CCOc1cc(C2NC(=O)c3ccccc3N2C)ccc1OC(F)F. The first-order valence-corrected chi connectivity index (χ1v) is 7.85. The van der Waals surface area contributed by atoms with Crippen molar-refractivity contribution in [1.29, 1.82) is 0 Å². The van der Waals surface area contributed by atoms with E-state index < -0.39 is 12.8 Å². The highest BCUT2D eigenvalue weighted by Crippen LogP contribution is 2.36. The van der Waals surface area contributed by atoms with Crippen LogP contribution in [0.3, 0.4) is 0 Å². The second-order valence-corrected chi connectivity index (χ2v) is 5.52. The van der Waals surface area contributed by atoms with Crippen molar-refractivity contribution in [3.8, 4) is 11.5 Å². The zero-order valence-electron chi connectivity index (χ0n) is 13.8. The molecule has 7 heteroatoms. The third kappa shape index (κ3) is 3.35. The predicted octanol–water partition coefficient (Wildman–Crippen LogP) is 3.57. The fraction of sp³-hybridized carbons (Fsp3) is 0.278. The average molecular weight is 348 g/mol. The molecule has 0 saturated carbocycles. The third-order valence-electron chi connectivity index (χ3n) is 3.98. The molecule has 1 atom stereocenters. The monoisotopic (exact) mass is 348 g/mol. The Balaban J connectivity index is 1.96. The summed E-state index contributed by atoms with van der Waals surface area (Å²) in [4.78, 5) is 14.3. The van der Waals surface area contributed by atoms with Crippen LogP contribution in [0.1, 0.15) is 29.0 Å². The number of alkyl halides is 2. The standard InChI is InChI=1S/C18H18F2N2O3/c1-3-24-15-10-11(8-9-14(15)25-18(19)20)16-21-17(23)12-6-4-5-7-13(12)22(16)2/h4-10,16,18H,3H2,1-2H3,(H,21,23). The number of hydrogen-bond donors (Lipinski definition) is 1. The maximum atomic E-state index is 12.5. The van der Waals surface area contributed by atoms with Crippen molar-refractivity contribution in [3.63, 3.8) is 0 Å². The number of hydrogen-bond acceptors (Lipinski definition) is 4. The van der Waals surface area contributed by atoms with Crippen molar-refractivity contribution in [2.75, 3.05) is 18.6 Å². The van der Waals surface area contributed by atoms with Gasteiger partial charge in [0, 0.05) is 7.05 Å². The number of nitrogens with zero attached hydrogens (tertiary/aromatic N) is 1. The van der Waals surface area contributed by atoms with Crippen LogP contribution in [0.2, 0.25) is 0 Å². The highest BCUT2D eigenvalue weighted by atomic mass is 19.3. The van der Waals surface area contributed by atoms with Gasteiger partial charge in [-0.2, -0.15) is 8.78 Å². The largest absolute Gasteiger partial charge is 0.490 e. The molecule has 0 bridgehead atoms. The Kier molecular flexibility index (Phi) is 4.74. The number of benzene rings is 2. The molecule has 0 saturated heterocycles. The Morgan fingerprint density at radius 3 is 2.68 bits per heavy atom. The van der Waals surface area contributed by atoms with Crippen LogP contribution in [-0.2, 0) is 0 Å². The first-order chi connectivity index (χ1) is 12.0. The number of amides is 1. The van der Waals surface area contributed by atoms with Crippen LogP contribution in [-0.4, -0.2) is 26.2 Å². The molecule has 1 N–H and O–H groups in total. The summed E-state index contributed by atoms with van der Waals surface area (Å²) in [7, 11) is 1.85. The lowest BCUT2D eigenvalue weighted by Crippen LogP contribution is -2.44. The van der Waals surface area contributed by atoms with E-state index in [4.69, 9.17) is 4.74 Å². The van der Waals surface area contributed by atoms with Gasteiger partial charge in [-0.15, -0.1) is 0 Å². The van der Waals surface area contributed by atoms with Crippen LogP contribution in [0, 0.1) is 0 Å². The summed E-state index contributed by atoms with van der Waals surface area (Å²) in [6.07, 6.45) is -0.442. The van der Waals surface area contributed by atoms with Gasteiger partial charge >= 0.3 is 6.61 Å². The van der Waals surface area contributed by atoms with Gasteiger partial charge in [-0.25, -0.2) is 0 Å². The normalized spacial score (nSPS) is 16.4. The van der Waals surface area contributed by atoms with Crippen molar-refractivity contribution in [3.05, 3.63) is 53.6 Å². The molecule has 0 fully saturated rings. The van der Waals surface area contributed by atoms with E-state index >= 15 is 0 Å². The number of rotatable bonds is 5. The van der Waals surface area contributed by atoms with Crippen LogP contribution in [0.4, 0.5) is 14.5 Å². The molecule has 3 rings (SSSR count). The summed E-state index contributed by atoms with van der Waals surface area (Å²) in [6.45, 7) is -0.878. The van der Waals surface area contributed by atoms with Crippen molar-refractivity contribution in [1.82, 2.24) is 5.32 Å². The molecule has 0 radical (unpaired) electrons. The lowest BCUT2D eigenvalue weighted by atomic mass is 10.0. The fourth-order valence-corrected chi connectivity index (χ4v) is 2.87. The predicted molar refractivity (Wildman–Crippen MR) is 89.3 cm³/mol. The molecule has 1 heterocycles. The number of halogens is 2. The molecule has 2 aromatic carbocycles. The van der Waals surface area contributed by atoms with Gasteiger partial charge in [0.05, 0.1) is 17.9 Å². The summed E-state index contributed by atoms with van der Waals surface area (Å²) < 4.78 is 35.0. The fourth-order valence-electron chi connectivity index (χ4n) is 2.87. The number of para-hydroxylation sites is 1. The Hall–Kier alpha value is -2.83. The maximum absolute atomic E-state index is 12.5. The van der Waals surface area contributed by atoms with Gasteiger partial charge in [0.1, 0.15) is 6.17 Å². The maximum Gasteiger partial charge on any atom is 0.387 e. The zero-order valence-corrected chi connectivity index (χ0v) is 13.8. The summed E-state index contributed by atoms with van der Waals surface area (Å²) in [5.74, 6) is -0.0165. The van der Waals surface area contributed by atoms with E-state index in [0.717, 1.165) is 5.69 Å². The smallest absolute Gasteiger partial charge is 0.387 e. The zero-order chi connectivity index (χ0) is 18.0.